The van der Waals surface area contributed by atoms with Crippen LogP contribution in [-0.4, -0.2) is 0 Å². The summed E-state index contributed by atoms with van der Waals surface area (Å²) in [6.45, 7) is 4.36. The number of allylic oxidation sites excluding steroid dienone is 2. The van der Waals surface area contributed by atoms with E-state index < -0.39 is 0 Å². The van der Waals surface area contributed by atoms with Crippen LogP contribution in [0, 0.1) is 11.8 Å². The van der Waals surface area contributed by atoms with Gasteiger partial charge in [-0.3, -0.25) is 0 Å². The molecule has 68 valence electrons. The Morgan fingerprint density at radius 2 is 1.92 bits per heavy atom. The van der Waals surface area contributed by atoms with Crippen LogP contribution in [0.2, 0.25) is 0 Å². The minimum atomic E-state index is 1.06. The van der Waals surface area contributed by atoms with E-state index in [0.29, 0.717) is 0 Å². The molecule has 0 heterocycles. The minimum Gasteiger partial charge on any atom is -0.0985 e. The van der Waals surface area contributed by atoms with Gasteiger partial charge in [-0.15, -0.1) is 0 Å². The van der Waals surface area contributed by atoms with Crippen molar-refractivity contribution in [3.63, 3.8) is 0 Å². The predicted octanol–water partition coefficient (Wildman–Crippen LogP) is 3.93. The molecule has 0 aliphatic carbocycles. The summed E-state index contributed by atoms with van der Waals surface area (Å²) in [7, 11) is 0. The third kappa shape index (κ3) is 9.30. The first-order valence-electron chi connectivity index (χ1n) is 5.05. The van der Waals surface area contributed by atoms with Gasteiger partial charge < -0.3 is 0 Å². The van der Waals surface area contributed by atoms with Gasteiger partial charge in [-0.05, 0) is 18.9 Å². The molecule has 0 rings (SSSR count). The Hall–Kier alpha value is -0.700. The lowest BCUT2D eigenvalue weighted by atomic mass is 10.2. The van der Waals surface area contributed by atoms with Crippen molar-refractivity contribution < 1.29 is 0 Å². The van der Waals surface area contributed by atoms with Gasteiger partial charge in [0.15, 0.2) is 0 Å². The average molecular weight is 164 g/mol. The molecule has 0 aliphatic heterocycles. The van der Waals surface area contributed by atoms with Crippen LogP contribution in [0.5, 0.6) is 0 Å². The van der Waals surface area contributed by atoms with Crippen LogP contribution in [0.4, 0.5) is 0 Å². The first-order valence-corrected chi connectivity index (χ1v) is 5.05. The molecule has 0 saturated carbocycles. The van der Waals surface area contributed by atoms with E-state index >= 15 is 0 Å². The molecular weight excluding hydrogens is 144 g/mol. The van der Waals surface area contributed by atoms with Crippen LogP contribution in [-0.2, 0) is 0 Å². The summed E-state index contributed by atoms with van der Waals surface area (Å²) in [6, 6.07) is 0. The molecule has 0 aromatic heterocycles. The Kier molecular flexibility index (Phi) is 9.70. The van der Waals surface area contributed by atoms with Gasteiger partial charge >= 0.3 is 0 Å². The zero-order valence-electron chi connectivity index (χ0n) is 8.40. The van der Waals surface area contributed by atoms with Gasteiger partial charge in [-0.25, -0.2) is 0 Å². The molecular formula is C12H20. The highest BCUT2D eigenvalue weighted by Gasteiger charge is 1.82. The Morgan fingerprint density at radius 3 is 2.58 bits per heavy atom. The largest absolute Gasteiger partial charge is 0.0985 e. The van der Waals surface area contributed by atoms with E-state index in [2.05, 4.69) is 31.8 Å². The molecule has 0 radical (unpaired) electrons. The standard InChI is InChI=1S/C12H20/c1-3-5-7-9-11-12-10-8-6-4-2/h5,7H,3-4,6,8,10,12H2,1-2H3. The molecule has 0 aliphatic rings. The molecule has 0 aromatic rings. The fourth-order valence-electron chi connectivity index (χ4n) is 0.948. The molecule has 0 unspecified atom stereocenters. The fraction of sp³-hybridized carbons (Fsp3) is 0.667. The Morgan fingerprint density at radius 1 is 1.08 bits per heavy atom. The SMILES string of the molecule is CCC=CC#CCCCCCC. The van der Waals surface area contributed by atoms with Crippen LogP contribution in [0.3, 0.4) is 0 Å². The maximum absolute atomic E-state index is 3.14. The molecule has 0 heteroatoms. The quantitative estimate of drug-likeness (QED) is 0.426. The summed E-state index contributed by atoms with van der Waals surface area (Å²) >= 11 is 0. The molecule has 0 spiro atoms. The van der Waals surface area contributed by atoms with Gasteiger partial charge in [-0.1, -0.05) is 51.0 Å². The van der Waals surface area contributed by atoms with E-state index in [9.17, 15) is 0 Å². The molecule has 0 atom stereocenters. The summed E-state index contributed by atoms with van der Waals surface area (Å²) in [4.78, 5) is 0. The molecule has 0 nitrogen and oxygen atoms in total. The molecule has 12 heavy (non-hydrogen) atoms. The van der Waals surface area contributed by atoms with Crippen molar-refractivity contribution in [3.05, 3.63) is 12.2 Å². The molecule has 0 fully saturated rings. The number of hydrogen-bond acceptors (Lipinski definition) is 0. The van der Waals surface area contributed by atoms with Crippen molar-refractivity contribution in [1.29, 1.82) is 0 Å². The summed E-state index contributed by atoms with van der Waals surface area (Å²) < 4.78 is 0. The van der Waals surface area contributed by atoms with Crippen LogP contribution >= 0.6 is 0 Å². The maximum Gasteiger partial charge on any atom is 0.00922 e. The molecule has 0 amide bonds. The molecule has 0 bridgehead atoms. The van der Waals surface area contributed by atoms with E-state index in [1.807, 2.05) is 6.08 Å². The summed E-state index contributed by atoms with van der Waals surface area (Å²) in [6.07, 6.45) is 11.5. The smallest absolute Gasteiger partial charge is 0.00922 e. The van der Waals surface area contributed by atoms with Crippen LogP contribution in [0.25, 0.3) is 0 Å². The van der Waals surface area contributed by atoms with Crippen LogP contribution in [0.15, 0.2) is 12.2 Å². The highest BCUT2D eigenvalue weighted by atomic mass is 13.9. The second-order valence-corrected chi connectivity index (χ2v) is 2.94. The van der Waals surface area contributed by atoms with Crippen molar-refractivity contribution in [3.8, 4) is 11.8 Å². The van der Waals surface area contributed by atoms with E-state index in [1.54, 1.807) is 0 Å². The summed E-state index contributed by atoms with van der Waals surface area (Å²) in [5, 5.41) is 0. The maximum atomic E-state index is 3.14. The van der Waals surface area contributed by atoms with Crippen molar-refractivity contribution in [2.24, 2.45) is 0 Å². The second-order valence-electron chi connectivity index (χ2n) is 2.94. The van der Waals surface area contributed by atoms with Crippen molar-refractivity contribution >= 4 is 0 Å². The minimum absolute atomic E-state index is 1.06. The van der Waals surface area contributed by atoms with Gasteiger partial charge in [0, 0.05) is 6.42 Å². The van der Waals surface area contributed by atoms with Crippen LogP contribution < -0.4 is 0 Å². The second kappa shape index (κ2) is 10.3. The van der Waals surface area contributed by atoms with Crippen LogP contribution in [0.1, 0.15) is 52.4 Å². The number of rotatable bonds is 5. The van der Waals surface area contributed by atoms with Crippen molar-refractivity contribution in [2.45, 2.75) is 52.4 Å². The Labute approximate surface area is 77.1 Å². The lowest BCUT2D eigenvalue weighted by Crippen LogP contribution is -1.73. The zero-order valence-corrected chi connectivity index (χ0v) is 8.40. The van der Waals surface area contributed by atoms with Gasteiger partial charge in [0.25, 0.3) is 0 Å². The predicted molar refractivity (Wildman–Crippen MR) is 56.0 cm³/mol. The summed E-state index contributed by atoms with van der Waals surface area (Å²) in [5.41, 5.74) is 0. The van der Waals surface area contributed by atoms with Crippen molar-refractivity contribution in [2.75, 3.05) is 0 Å². The molecule has 0 aromatic carbocycles. The zero-order chi connectivity index (χ0) is 9.07. The first-order chi connectivity index (χ1) is 5.91. The topological polar surface area (TPSA) is 0 Å². The monoisotopic (exact) mass is 164 g/mol. The van der Waals surface area contributed by atoms with E-state index in [1.165, 1.54) is 25.7 Å². The third-order valence-electron chi connectivity index (χ3n) is 1.69. The highest BCUT2D eigenvalue weighted by molar-refractivity contribution is 5.14. The molecule has 0 N–H and O–H groups in total. The van der Waals surface area contributed by atoms with E-state index in [0.717, 1.165) is 12.8 Å². The van der Waals surface area contributed by atoms with Crippen molar-refractivity contribution in [1.82, 2.24) is 0 Å². The third-order valence-corrected chi connectivity index (χ3v) is 1.69. The Balaban J connectivity index is 3.15. The normalized spacial score (nSPS) is 9.83. The van der Waals surface area contributed by atoms with Gasteiger partial charge in [0.2, 0.25) is 0 Å². The van der Waals surface area contributed by atoms with Gasteiger partial charge in [-0.2, -0.15) is 0 Å². The summed E-state index contributed by atoms with van der Waals surface area (Å²) in [5.74, 6) is 6.17. The van der Waals surface area contributed by atoms with E-state index in [4.69, 9.17) is 0 Å². The van der Waals surface area contributed by atoms with E-state index in [-0.39, 0.29) is 0 Å². The lowest BCUT2D eigenvalue weighted by molar-refractivity contribution is 0.679. The highest BCUT2D eigenvalue weighted by Crippen LogP contribution is 2.00. The Bertz CT molecular complexity index is 155. The van der Waals surface area contributed by atoms with Gasteiger partial charge in [0.1, 0.15) is 0 Å². The van der Waals surface area contributed by atoms with Gasteiger partial charge in [0.05, 0.1) is 0 Å². The number of hydrogen-bond donors (Lipinski definition) is 0. The lowest BCUT2D eigenvalue weighted by Gasteiger charge is -1.91. The fourth-order valence-corrected chi connectivity index (χ4v) is 0.948. The molecule has 0 saturated heterocycles. The average Bonchev–Trinajstić information content (AvgIpc) is 2.10. The number of unbranched alkanes of at least 4 members (excludes halogenated alkanes) is 4. The first kappa shape index (κ1) is 11.3.